The van der Waals surface area contributed by atoms with Gasteiger partial charge in [-0.25, -0.2) is 0 Å². The van der Waals surface area contributed by atoms with E-state index >= 15 is 0 Å². The molecule has 0 saturated heterocycles. The van der Waals surface area contributed by atoms with Gasteiger partial charge in [0, 0.05) is 18.4 Å². The summed E-state index contributed by atoms with van der Waals surface area (Å²) in [6.45, 7) is 3.96. The zero-order valence-corrected chi connectivity index (χ0v) is 8.37. The van der Waals surface area contributed by atoms with E-state index in [1.54, 1.807) is 0 Å². The number of nitrogens with two attached hydrogens (primary N) is 1. The number of aromatic nitrogens is 2. The Hall–Kier alpha value is -0.830. The van der Waals surface area contributed by atoms with Crippen LogP contribution in [0, 0.1) is 6.92 Å². The molecule has 0 aromatic carbocycles. The van der Waals surface area contributed by atoms with E-state index in [1.165, 1.54) is 25.0 Å². The van der Waals surface area contributed by atoms with Crippen LogP contribution in [-0.2, 0) is 6.54 Å². The Labute approximate surface area is 79.9 Å². The molecule has 0 atom stereocenters. The fourth-order valence-electron chi connectivity index (χ4n) is 1.39. The molecule has 1 aromatic heterocycles. The largest absolute Gasteiger partial charge is 0.330 e. The number of hydrogen-bond donors (Lipinski definition) is 1. The number of nitrogens with zero attached hydrogens (tertiary/aromatic N) is 2. The Bertz CT molecular complexity index is 230. The quantitative estimate of drug-likeness (QED) is 0.679. The maximum absolute atomic E-state index is 5.41. The summed E-state index contributed by atoms with van der Waals surface area (Å²) in [6.07, 6.45) is 6.73. The minimum absolute atomic E-state index is 0.820. The Kier molecular flexibility index (Phi) is 4.54. The van der Waals surface area contributed by atoms with Crippen molar-refractivity contribution in [2.24, 2.45) is 5.73 Å². The van der Waals surface area contributed by atoms with E-state index in [9.17, 15) is 0 Å². The lowest BCUT2D eigenvalue weighted by Crippen LogP contribution is -2.02. The van der Waals surface area contributed by atoms with E-state index in [-0.39, 0.29) is 0 Å². The van der Waals surface area contributed by atoms with Gasteiger partial charge in [0.2, 0.25) is 0 Å². The van der Waals surface area contributed by atoms with Gasteiger partial charge in [0.05, 0.1) is 0 Å². The molecule has 3 nitrogen and oxygen atoms in total. The molecule has 0 aliphatic carbocycles. The molecule has 0 unspecified atom stereocenters. The fraction of sp³-hybridized carbons (Fsp3) is 0.700. The summed E-state index contributed by atoms with van der Waals surface area (Å²) in [7, 11) is 0. The van der Waals surface area contributed by atoms with Crippen LogP contribution in [0.3, 0.4) is 0 Å². The predicted molar refractivity (Wildman–Crippen MR) is 54.5 cm³/mol. The van der Waals surface area contributed by atoms with E-state index in [0.29, 0.717) is 0 Å². The SMILES string of the molecule is Cc1ccnn1CCCCCCN. The monoisotopic (exact) mass is 181 g/mol. The molecule has 0 radical (unpaired) electrons. The highest BCUT2D eigenvalue weighted by Crippen LogP contribution is 2.03. The number of unbranched alkanes of at least 4 members (excludes halogenated alkanes) is 3. The van der Waals surface area contributed by atoms with E-state index in [1.807, 2.05) is 12.3 Å². The maximum Gasteiger partial charge on any atom is 0.0492 e. The third-order valence-electron chi connectivity index (χ3n) is 2.25. The highest BCUT2D eigenvalue weighted by atomic mass is 15.3. The molecule has 0 spiro atoms. The molecule has 2 N–H and O–H groups in total. The topological polar surface area (TPSA) is 43.8 Å². The Morgan fingerprint density at radius 2 is 2.08 bits per heavy atom. The van der Waals surface area contributed by atoms with Gasteiger partial charge in [0.1, 0.15) is 0 Å². The molecule has 0 aliphatic heterocycles. The molecular formula is C10H19N3. The third-order valence-corrected chi connectivity index (χ3v) is 2.25. The van der Waals surface area contributed by atoms with Crippen molar-refractivity contribution in [3.63, 3.8) is 0 Å². The van der Waals surface area contributed by atoms with Gasteiger partial charge in [-0.2, -0.15) is 5.10 Å². The first-order valence-electron chi connectivity index (χ1n) is 5.03. The average Bonchev–Trinajstić information content (AvgIpc) is 2.52. The molecule has 0 saturated carbocycles. The summed E-state index contributed by atoms with van der Waals surface area (Å²) in [6, 6.07) is 2.04. The number of rotatable bonds is 6. The molecular weight excluding hydrogens is 162 g/mol. The van der Waals surface area contributed by atoms with Gasteiger partial charge in [0.25, 0.3) is 0 Å². The highest BCUT2D eigenvalue weighted by Gasteiger charge is 1.95. The predicted octanol–water partition coefficient (Wildman–Crippen LogP) is 1.71. The second-order valence-corrected chi connectivity index (χ2v) is 3.40. The lowest BCUT2D eigenvalue weighted by Gasteiger charge is -2.03. The number of hydrogen-bond acceptors (Lipinski definition) is 2. The van der Waals surface area contributed by atoms with Crippen molar-refractivity contribution in [1.29, 1.82) is 0 Å². The van der Waals surface area contributed by atoms with Gasteiger partial charge >= 0.3 is 0 Å². The van der Waals surface area contributed by atoms with Gasteiger partial charge in [-0.1, -0.05) is 12.8 Å². The first-order chi connectivity index (χ1) is 6.34. The zero-order valence-electron chi connectivity index (χ0n) is 8.37. The second kappa shape index (κ2) is 5.75. The number of aryl methyl sites for hydroxylation is 2. The first-order valence-corrected chi connectivity index (χ1v) is 5.03. The van der Waals surface area contributed by atoms with Crippen LogP contribution in [0.5, 0.6) is 0 Å². The standard InChI is InChI=1S/C10H19N3/c1-10-6-8-12-13(10)9-5-3-2-4-7-11/h6,8H,2-5,7,9,11H2,1H3. The van der Waals surface area contributed by atoms with E-state index in [2.05, 4.69) is 16.7 Å². The van der Waals surface area contributed by atoms with Crippen molar-refractivity contribution in [3.05, 3.63) is 18.0 Å². The zero-order chi connectivity index (χ0) is 9.52. The normalized spacial score (nSPS) is 10.6. The van der Waals surface area contributed by atoms with Crippen molar-refractivity contribution >= 4 is 0 Å². The summed E-state index contributed by atoms with van der Waals surface area (Å²) in [5.41, 5.74) is 6.66. The van der Waals surface area contributed by atoms with Crippen LogP contribution in [0.1, 0.15) is 31.4 Å². The van der Waals surface area contributed by atoms with Crippen molar-refractivity contribution in [3.8, 4) is 0 Å². The summed E-state index contributed by atoms with van der Waals surface area (Å²) in [5.74, 6) is 0. The van der Waals surface area contributed by atoms with Crippen LogP contribution in [0.15, 0.2) is 12.3 Å². The van der Waals surface area contributed by atoms with Crippen LogP contribution >= 0.6 is 0 Å². The van der Waals surface area contributed by atoms with E-state index < -0.39 is 0 Å². The smallest absolute Gasteiger partial charge is 0.0492 e. The van der Waals surface area contributed by atoms with Crippen molar-refractivity contribution < 1.29 is 0 Å². The maximum atomic E-state index is 5.41. The highest BCUT2D eigenvalue weighted by molar-refractivity contribution is 4.96. The molecule has 1 aromatic rings. The summed E-state index contributed by atoms with van der Waals surface area (Å²) >= 11 is 0. The van der Waals surface area contributed by atoms with Gasteiger partial charge in [-0.3, -0.25) is 4.68 Å². The molecule has 13 heavy (non-hydrogen) atoms. The molecule has 1 heterocycles. The van der Waals surface area contributed by atoms with Gasteiger partial charge in [-0.15, -0.1) is 0 Å². The van der Waals surface area contributed by atoms with E-state index in [0.717, 1.165) is 19.5 Å². The van der Waals surface area contributed by atoms with Crippen LogP contribution in [0.4, 0.5) is 0 Å². The summed E-state index contributed by atoms with van der Waals surface area (Å²) < 4.78 is 2.06. The van der Waals surface area contributed by atoms with Crippen molar-refractivity contribution in [2.45, 2.75) is 39.2 Å². The van der Waals surface area contributed by atoms with E-state index in [4.69, 9.17) is 5.73 Å². The Balaban J connectivity index is 2.10. The summed E-state index contributed by atoms with van der Waals surface area (Å²) in [4.78, 5) is 0. The minimum Gasteiger partial charge on any atom is -0.330 e. The lowest BCUT2D eigenvalue weighted by molar-refractivity contribution is 0.528. The molecule has 0 bridgehead atoms. The third kappa shape index (κ3) is 3.59. The molecule has 1 rings (SSSR count). The van der Waals surface area contributed by atoms with Crippen molar-refractivity contribution in [2.75, 3.05) is 6.54 Å². The van der Waals surface area contributed by atoms with Crippen LogP contribution < -0.4 is 5.73 Å². The van der Waals surface area contributed by atoms with Crippen LogP contribution in [0.25, 0.3) is 0 Å². The van der Waals surface area contributed by atoms with Gasteiger partial charge in [-0.05, 0) is 32.4 Å². The summed E-state index contributed by atoms with van der Waals surface area (Å²) in [5, 5.41) is 4.23. The van der Waals surface area contributed by atoms with Gasteiger partial charge < -0.3 is 5.73 Å². The molecule has 3 heteroatoms. The lowest BCUT2D eigenvalue weighted by atomic mass is 10.2. The van der Waals surface area contributed by atoms with Gasteiger partial charge in [0.15, 0.2) is 0 Å². The minimum atomic E-state index is 0.820. The molecule has 0 amide bonds. The second-order valence-electron chi connectivity index (χ2n) is 3.40. The molecule has 74 valence electrons. The first kappa shape index (κ1) is 10.3. The van der Waals surface area contributed by atoms with Crippen LogP contribution in [0.2, 0.25) is 0 Å². The molecule has 0 fully saturated rings. The molecule has 0 aliphatic rings. The fourth-order valence-corrected chi connectivity index (χ4v) is 1.39. The average molecular weight is 181 g/mol. The Morgan fingerprint density at radius 3 is 2.69 bits per heavy atom. The van der Waals surface area contributed by atoms with Crippen LogP contribution in [-0.4, -0.2) is 16.3 Å². The Morgan fingerprint density at radius 1 is 1.31 bits per heavy atom. The van der Waals surface area contributed by atoms with Crippen molar-refractivity contribution in [1.82, 2.24) is 9.78 Å².